The van der Waals surface area contributed by atoms with Crippen LogP contribution in [0.5, 0.6) is 0 Å². The molecular weight excluding hydrogens is 304 g/mol. The third kappa shape index (κ3) is 2.57. The molecule has 0 atom stereocenters. The highest BCUT2D eigenvalue weighted by Crippen LogP contribution is 2.17. The highest BCUT2D eigenvalue weighted by atomic mass is 32.1. The number of hydrogen-bond donors (Lipinski definition) is 0. The summed E-state index contributed by atoms with van der Waals surface area (Å²) in [7, 11) is 0. The molecule has 7 heteroatoms. The van der Waals surface area contributed by atoms with Gasteiger partial charge < -0.3 is 4.57 Å². The van der Waals surface area contributed by atoms with E-state index in [2.05, 4.69) is 21.2 Å². The Morgan fingerprint density at radius 2 is 2.29 bits per heavy atom. The summed E-state index contributed by atoms with van der Waals surface area (Å²) in [5, 5.41) is 3.85. The minimum absolute atomic E-state index is 0.299. The number of carbonyl (C=O) groups excluding carboxylic acids is 1. The monoisotopic (exact) mass is 316 g/mol. The van der Waals surface area contributed by atoms with Crippen LogP contribution in [0.4, 0.5) is 0 Å². The van der Waals surface area contributed by atoms with E-state index in [1.807, 2.05) is 28.8 Å². The number of hydrogen-bond acceptors (Lipinski definition) is 5. The van der Waals surface area contributed by atoms with Crippen LogP contribution in [0.25, 0.3) is 10.2 Å². The second-order valence-electron chi connectivity index (χ2n) is 4.36. The lowest BCUT2D eigenvalue weighted by Crippen LogP contribution is -2.16. The maximum absolute atomic E-state index is 12.3. The Balaban J connectivity index is 2.17. The number of carbonyl (C=O) groups is 1. The Morgan fingerprint density at radius 3 is 3.00 bits per heavy atom. The zero-order valence-corrected chi connectivity index (χ0v) is 12.9. The van der Waals surface area contributed by atoms with Crippen LogP contribution >= 0.6 is 22.9 Å². The van der Waals surface area contributed by atoms with Gasteiger partial charge in [0.2, 0.25) is 0 Å². The number of thiazole rings is 1. The molecule has 106 valence electrons. The van der Waals surface area contributed by atoms with Gasteiger partial charge in [0.15, 0.2) is 4.80 Å². The smallest absolute Gasteiger partial charge is 0.293 e. The third-order valence-corrected chi connectivity index (χ3v) is 4.82. The molecule has 0 saturated heterocycles. The number of fused-ring (bicyclic) bond motifs is 1. The summed E-state index contributed by atoms with van der Waals surface area (Å²) in [6.45, 7) is 6.13. The van der Waals surface area contributed by atoms with E-state index in [1.54, 1.807) is 13.0 Å². The SMILES string of the molecule is C=CCn1c(=NC(=O)c2snnc2C)sc2ccccc21. The highest BCUT2D eigenvalue weighted by molar-refractivity contribution is 7.16. The van der Waals surface area contributed by atoms with Crippen molar-refractivity contribution in [2.24, 2.45) is 4.99 Å². The summed E-state index contributed by atoms with van der Waals surface area (Å²) in [5.41, 5.74) is 1.67. The summed E-state index contributed by atoms with van der Waals surface area (Å²) >= 11 is 2.56. The lowest BCUT2D eigenvalue weighted by molar-refractivity contribution is 0.100. The molecule has 21 heavy (non-hydrogen) atoms. The lowest BCUT2D eigenvalue weighted by atomic mass is 10.3. The molecule has 0 bridgehead atoms. The van der Waals surface area contributed by atoms with Crippen molar-refractivity contribution in [2.75, 3.05) is 0 Å². The summed E-state index contributed by atoms with van der Waals surface area (Å²) in [4.78, 5) is 17.6. The molecule has 1 amide bonds. The molecule has 2 aromatic heterocycles. The van der Waals surface area contributed by atoms with Crippen molar-refractivity contribution in [2.45, 2.75) is 13.5 Å². The normalized spacial score (nSPS) is 12.0. The molecule has 1 aromatic carbocycles. The van der Waals surface area contributed by atoms with E-state index >= 15 is 0 Å². The van der Waals surface area contributed by atoms with Crippen molar-refractivity contribution in [3.63, 3.8) is 0 Å². The largest absolute Gasteiger partial charge is 0.312 e. The Bertz CT molecular complexity index is 888. The van der Waals surface area contributed by atoms with Crippen molar-refractivity contribution in [1.82, 2.24) is 14.2 Å². The first-order chi connectivity index (χ1) is 10.2. The van der Waals surface area contributed by atoms with Crippen molar-refractivity contribution >= 4 is 39.0 Å². The van der Waals surface area contributed by atoms with Gasteiger partial charge in [-0.25, -0.2) is 0 Å². The molecule has 2 heterocycles. The van der Waals surface area contributed by atoms with Gasteiger partial charge in [0.1, 0.15) is 4.88 Å². The van der Waals surface area contributed by atoms with Crippen molar-refractivity contribution in [1.29, 1.82) is 0 Å². The van der Waals surface area contributed by atoms with Gasteiger partial charge >= 0.3 is 0 Å². The van der Waals surface area contributed by atoms with Gasteiger partial charge in [-0.2, -0.15) is 4.99 Å². The molecule has 0 unspecified atom stereocenters. The zero-order valence-electron chi connectivity index (χ0n) is 11.3. The van der Waals surface area contributed by atoms with Gasteiger partial charge in [0, 0.05) is 6.54 Å². The number of rotatable bonds is 3. The second kappa shape index (κ2) is 5.71. The Kier molecular flexibility index (Phi) is 3.76. The molecule has 3 aromatic rings. The number of para-hydroxylation sites is 1. The van der Waals surface area contributed by atoms with E-state index in [1.165, 1.54) is 11.3 Å². The van der Waals surface area contributed by atoms with Crippen LogP contribution in [0.15, 0.2) is 41.9 Å². The molecule has 0 fully saturated rings. The Morgan fingerprint density at radius 1 is 1.48 bits per heavy atom. The first kappa shape index (κ1) is 13.8. The molecule has 0 radical (unpaired) electrons. The topological polar surface area (TPSA) is 60.1 Å². The van der Waals surface area contributed by atoms with E-state index in [9.17, 15) is 4.79 Å². The van der Waals surface area contributed by atoms with Crippen molar-refractivity contribution in [3.8, 4) is 0 Å². The van der Waals surface area contributed by atoms with Crippen LogP contribution in [0, 0.1) is 6.92 Å². The summed E-state index contributed by atoms with van der Waals surface area (Å²) in [6, 6.07) is 7.97. The fourth-order valence-corrected chi connectivity index (χ4v) is 3.56. The first-order valence-corrected chi connectivity index (χ1v) is 7.87. The van der Waals surface area contributed by atoms with Gasteiger partial charge in [0.05, 0.1) is 15.9 Å². The maximum atomic E-state index is 12.3. The van der Waals surface area contributed by atoms with Gasteiger partial charge in [-0.1, -0.05) is 34.0 Å². The fourth-order valence-electron chi connectivity index (χ4n) is 1.98. The van der Waals surface area contributed by atoms with Gasteiger partial charge in [0.25, 0.3) is 5.91 Å². The minimum atomic E-state index is -0.299. The number of benzene rings is 1. The molecule has 0 N–H and O–H groups in total. The molecule has 0 aliphatic carbocycles. The van der Waals surface area contributed by atoms with Crippen LogP contribution in [0.1, 0.15) is 15.4 Å². The summed E-state index contributed by atoms with van der Waals surface area (Å²) < 4.78 is 6.85. The number of aromatic nitrogens is 3. The average Bonchev–Trinajstić information content (AvgIpc) is 3.04. The molecule has 3 rings (SSSR count). The number of allylic oxidation sites excluding steroid dienone is 1. The second-order valence-corrected chi connectivity index (χ2v) is 6.12. The van der Waals surface area contributed by atoms with Crippen molar-refractivity contribution < 1.29 is 4.79 Å². The molecule has 0 aliphatic rings. The first-order valence-electron chi connectivity index (χ1n) is 6.28. The standard InChI is InChI=1S/C14H12N4OS2/c1-3-8-18-10-6-4-5-7-11(10)20-14(18)15-13(19)12-9(2)16-17-21-12/h3-7H,1,8H2,2H3. The van der Waals surface area contributed by atoms with Gasteiger partial charge in [-0.15, -0.1) is 11.7 Å². The number of aryl methyl sites for hydroxylation is 1. The van der Waals surface area contributed by atoms with E-state index in [-0.39, 0.29) is 5.91 Å². The minimum Gasteiger partial charge on any atom is -0.312 e. The van der Waals surface area contributed by atoms with Crippen LogP contribution in [-0.4, -0.2) is 20.1 Å². The van der Waals surface area contributed by atoms with Crippen LogP contribution in [0.2, 0.25) is 0 Å². The fraction of sp³-hybridized carbons (Fsp3) is 0.143. The van der Waals surface area contributed by atoms with E-state index in [0.29, 0.717) is 21.9 Å². The lowest BCUT2D eigenvalue weighted by Gasteiger charge is -1.99. The molecule has 5 nitrogen and oxygen atoms in total. The van der Waals surface area contributed by atoms with Crippen molar-refractivity contribution in [3.05, 3.63) is 52.3 Å². The quantitative estimate of drug-likeness (QED) is 0.698. The van der Waals surface area contributed by atoms with Crippen LogP contribution in [0.3, 0.4) is 0 Å². The molecule has 0 spiro atoms. The maximum Gasteiger partial charge on any atom is 0.293 e. The van der Waals surface area contributed by atoms with E-state index < -0.39 is 0 Å². The van der Waals surface area contributed by atoms with Crippen LogP contribution in [-0.2, 0) is 6.54 Å². The van der Waals surface area contributed by atoms with E-state index in [0.717, 1.165) is 21.7 Å². The molecule has 0 saturated carbocycles. The van der Waals surface area contributed by atoms with Crippen LogP contribution < -0.4 is 4.80 Å². The Labute approximate surface area is 129 Å². The number of nitrogens with zero attached hydrogens (tertiary/aromatic N) is 4. The van der Waals surface area contributed by atoms with Gasteiger partial charge in [-0.05, 0) is 30.6 Å². The number of amides is 1. The summed E-state index contributed by atoms with van der Waals surface area (Å²) in [5.74, 6) is -0.299. The highest BCUT2D eigenvalue weighted by Gasteiger charge is 2.13. The predicted octanol–water partition coefficient (Wildman–Crippen LogP) is 2.79. The zero-order chi connectivity index (χ0) is 14.8. The Hall–Kier alpha value is -2.12. The average molecular weight is 316 g/mol. The molecular formula is C14H12N4OS2. The van der Waals surface area contributed by atoms with Gasteiger partial charge in [-0.3, -0.25) is 4.79 Å². The summed E-state index contributed by atoms with van der Waals surface area (Å²) in [6.07, 6.45) is 1.79. The van der Waals surface area contributed by atoms with E-state index in [4.69, 9.17) is 0 Å². The predicted molar refractivity (Wildman–Crippen MR) is 84.6 cm³/mol. The third-order valence-electron chi connectivity index (χ3n) is 2.94. The molecule has 0 aliphatic heterocycles.